The molecule has 0 fully saturated rings. The first kappa shape index (κ1) is 22.8. The van der Waals surface area contributed by atoms with Crippen LogP contribution < -0.4 is 20.7 Å². The first-order chi connectivity index (χ1) is 12.6. The monoisotopic (exact) mass is 376 g/mol. The normalized spacial score (nSPS) is 12.1. The third-order valence-electron chi connectivity index (χ3n) is 3.78. The van der Waals surface area contributed by atoms with E-state index in [-0.39, 0.29) is 18.0 Å². The highest BCUT2D eigenvalue weighted by molar-refractivity contribution is 5.86. The molecule has 0 saturated carbocycles. The number of nitrogens with one attached hydrogen (secondary N) is 3. The summed E-state index contributed by atoms with van der Waals surface area (Å²) in [4.78, 5) is 16.1. The van der Waals surface area contributed by atoms with E-state index >= 15 is 0 Å². The van der Waals surface area contributed by atoms with Gasteiger partial charge in [0.1, 0.15) is 5.75 Å². The highest BCUT2D eigenvalue weighted by Crippen LogP contribution is 2.21. The molecular weight excluding hydrogens is 340 g/mol. The van der Waals surface area contributed by atoms with E-state index in [0.717, 1.165) is 17.7 Å². The average molecular weight is 377 g/mol. The summed E-state index contributed by atoms with van der Waals surface area (Å²) in [5.74, 6) is 2.01. The lowest BCUT2D eigenvalue weighted by Crippen LogP contribution is -2.48. The van der Waals surface area contributed by atoms with Crippen LogP contribution in [0.2, 0.25) is 0 Å². The quantitative estimate of drug-likeness (QED) is 0.482. The van der Waals surface area contributed by atoms with Crippen molar-refractivity contribution in [2.45, 2.75) is 60.0 Å². The molecule has 27 heavy (non-hydrogen) atoms. The second kappa shape index (κ2) is 10.8. The van der Waals surface area contributed by atoms with Crippen molar-refractivity contribution in [2.75, 3.05) is 20.2 Å². The predicted molar refractivity (Wildman–Crippen MR) is 112 cm³/mol. The zero-order valence-corrected chi connectivity index (χ0v) is 17.9. The largest absolute Gasteiger partial charge is 0.493 e. The number of nitrogens with zero attached hydrogens (tertiary/aromatic N) is 1. The number of carbonyl (C=O) groups excluding carboxylic acids is 1. The minimum Gasteiger partial charge on any atom is -0.493 e. The van der Waals surface area contributed by atoms with Crippen LogP contribution >= 0.6 is 0 Å². The van der Waals surface area contributed by atoms with Crippen molar-refractivity contribution >= 4 is 11.9 Å². The van der Waals surface area contributed by atoms with E-state index in [0.29, 0.717) is 25.0 Å². The van der Waals surface area contributed by atoms with Gasteiger partial charge in [0, 0.05) is 24.7 Å². The summed E-state index contributed by atoms with van der Waals surface area (Å²) in [7, 11) is 1.69. The molecule has 1 amide bonds. The molecule has 0 aliphatic heterocycles. The number of amides is 1. The molecule has 0 aliphatic carbocycles. The summed E-state index contributed by atoms with van der Waals surface area (Å²) < 4.78 is 5.98. The van der Waals surface area contributed by atoms with Crippen LogP contribution in [0, 0.1) is 12.8 Å². The van der Waals surface area contributed by atoms with E-state index in [2.05, 4.69) is 59.9 Å². The van der Waals surface area contributed by atoms with Gasteiger partial charge in [0.25, 0.3) is 0 Å². The Morgan fingerprint density at radius 1 is 1.22 bits per heavy atom. The van der Waals surface area contributed by atoms with Crippen molar-refractivity contribution in [1.82, 2.24) is 16.0 Å². The van der Waals surface area contributed by atoms with Crippen molar-refractivity contribution < 1.29 is 9.53 Å². The predicted octanol–water partition coefficient (Wildman–Crippen LogP) is 3.00. The zero-order chi connectivity index (χ0) is 20.4. The van der Waals surface area contributed by atoms with Crippen LogP contribution in [0.5, 0.6) is 5.75 Å². The number of hydrogen-bond acceptors (Lipinski definition) is 3. The second-order valence-corrected chi connectivity index (χ2v) is 8.22. The maximum absolute atomic E-state index is 11.9. The Bertz CT molecular complexity index is 634. The van der Waals surface area contributed by atoms with Gasteiger partial charge in [-0.05, 0) is 51.7 Å². The van der Waals surface area contributed by atoms with Crippen LogP contribution in [-0.2, 0) is 11.3 Å². The summed E-state index contributed by atoms with van der Waals surface area (Å²) >= 11 is 0. The van der Waals surface area contributed by atoms with Crippen molar-refractivity contribution in [1.29, 1.82) is 0 Å². The van der Waals surface area contributed by atoms with E-state index in [9.17, 15) is 4.79 Å². The molecule has 3 N–H and O–H groups in total. The van der Waals surface area contributed by atoms with Crippen molar-refractivity contribution in [3.63, 3.8) is 0 Å². The molecule has 1 rings (SSSR count). The highest BCUT2D eigenvalue weighted by Gasteiger charge is 2.14. The first-order valence-electron chi connectivity index (χ1n) is 9.58. The summed E-state index contributed by atoms with van der Waals surface area (Å²) in [6.07, 6.45) is 1.02. The molecule has 0 atom stereocenters. The van der Waals surface area contributed by atoms with Crippen molar-refractivity contribution in [2.24, 2.45) is 10.9 Å². The third kappa shape index (κ3) is 9.87. The molecule has 0 bridgehead atoms. The number of rotatable bonds is 8. The Balaban J connectivity index is 2.60. The van der Waals surface area contributed by atoms with Gasteiger partial charge in [-0.15, -0.1) is 0 Å². The highest BCUT2D eigenvalue weighted by atomic mass is 16.5. The number of carbonyl (C=O) groups is 1. The fourth-order valence-electron chi connectivity index (χ4n) is 2.37. The second-order valence-electron chi connectivity index (χ2n) is 8.22. The lowest BCUT2D eigenvalue weighted by Gasteiger charge is -2.21. The standard InChI is InChI=1S/C21H36N4O2/c1-15(2)10-11-27-18-12-16(3)8-9-17(18)13-23-20(22-7)24-14-19(26)25-21(4,5)6/h8-9,12,15H,10-11,13-14H2,1-7H3,(H,25,26)(H2,22,23,24). The summed E-state index contributed by atoms with van der Waals surface area (Å²) in [5.41, 5.74) is 1.98. The van der Waals surface area contributed by atoms with Crippen molar-refractivity contribution in [3.05, 3.63) is 29.3 Å². The van der Waals surface area contributed by atoms with Gasteiger partial charge < -0.3 is 20.7 Å². The maximum atomic E-state index is 11.9. The average Bonchev–Trinajstić information content (AvgIpc) is 2.54. The van der Waals surface area contributed by atoms with Gasteiger partial charge in [-0.25, -0.2) is 0 Å². The van der Waals surface area contributed by atoms with Gasteiger partial charge in [0.15, 0.2) is 5.96 Å². The fraction of sp³-hybridized carbons (Fsp3) is 0.619. The number of hydrogen-bond donors (Lipinski definition) is 3. The molecule has 6 nitrogen and oxygen atoms in total. The van der Waals surface area contributed by atoms with Crippen LogP contribution in [0.15, 0.2) is 23.2 Å². The topological polar surface area (TPSA) is 74.8 Å². The minimum absolute atomic E-state index is 0.0708. The van der Waals surface area contributed by atoms with Gasteiger partial charge in [0.05, 0.1) is 13.2 Å². The number of aliphatic imine (C=N–C) groups is 1. The smallest absolute Gasteiger partial charge is 0.239 e. The zero-order valence-electron chi connectivity index (χ0n) is 17.9. The van der Waals surface area contributed by atoms with Gasteiger partial charge in [0.2, 0.25) is 5.91 Å². The van der Waals surface area contributed by atoms with E-state index in [1.807, 2.05) is 20.8 Å². The van der Waals surface area contributed by atoms with Gasteiger partial charge in [-0.3, -0.25) is 9.79 Å². The molecule has 0 saturated heterocycles. The molecule has 0 heterocycles. The molecular formula is C21H36N4O2. The fourth-order valence-corrected chi connectivity index (χ4v) is 2.37. The molecule has 1 aromatic carbocycles. The number of aryl methyl sites for hydroxylation is 1. The van der Waals surface area contributed by atoms with E-state index in [1.165, 1.54) is 5.56 Å². The Kier molecular flexibility index (Phi) is 9.12. The van der Waals surface area contributed by atoms with Gasteiger partial charge >= 0.3 is 0 Å². The van der Waals surface area contributed by atoms with Crippen LogP contribution in [0.25, 0.3) is 0 Å². The molecule has 0 aromatic heterocycles. The molecule has 0 radical (unpaired) electrons. The number of guanidine groups is 1. The molecule has 0 unspecified atom stereocenters. The number of ether oxygens (including phenoxy) is 1. The van der Waals surface area contributed by atoms with Crippen LogP contribution in [0.1, 0.15) is 52.2 Å². The summed E-state index contributed by atoms with van der Waals surface area (Å²) in [5, 5.41) is 9.19. The lowest BCUT2D eigenvalue weighted by atomic mass is 10.1. The molecule has 1 aromatic rings. The maximum Gasteiger partial charge on any atom is 0.239 e. The third-order valence-corrected chi connectivity index (χ3v) is 3.78. The number of benzene rings is 1. The van der Waals surface area contributed by atoms with Gasteiger partial charge in [-0.2, -0.15) is 0 Å². The van der Waals surface area contributed by atoms with Crippen LogP contribution in [-0.4, -0.2) is 37.6 Å². The Hall–Kier alpha value is -2.24. The molecule has 0 spiro atoms. The minimum atomic E-state index is -0.250. The van der Waals surface area contributed by atoms with E-state index in [4.69, 9.17) is 4.74 Å². The summed E-state index contributed by atoms with van der Waals surface area (Å²) in [6, 6.07) is 6.19. The molecule has 152 valence electrons. The lowest BCUT2D eigenvalue weighted by molar-refractivity contribution is -0.121. The summed E-state index contributed by atoms with van der Waals surface area (Å²) in [6.45, 7) is 13.7. The van der Waals surface area contributed by atoms with E-state index in [1.54, 1.807) is 7.05 Å². The van der Waals surface area contributed by atoms with Crippen molar-refractivity contribution in [3.8, 4) is 5.75 Å². The Morgan fingerprint density at radius 2 is 1.93 bits per heavy atom. The molecule has 6 heteroatoms. The first-order valence-corrected chi connectivity index (χ1v) is 9.58. The van der Waals surface area contributed by atoms with Crippen LogP contribution in [0.4, 0.5) is 0 Å². The Morgan fingerprint density at radius 3 is 2.52 bits per heavy atom. The Labute approximate surface area is 164 Å². The van der Waals surface area contributed by atoms with E-state index < -0.39 is 0 Å². The SMILES string of the molecule is CN=C(NCC(=O)NC(C)(C)C)NCc1ccc(C)cc1OCCC(C)C. The van der Waals surface area contributed by atoms with Gasteiger partial charge in [-0.1, -0.05) is 26.0 Å². The van der Waals surface area contributed by atoms with Crippen LogP contribution in [0.3, 0.4) is 0 Å². The molecule has 0 aliphatic rings.